The molecular weight excluding hydrogens is 342 g/mol. The molecule has 2 aromatic rings. The quantitative estimate of drug-likeness (QED) is 0.327. The van der Waals surface area contributed by atoms with Gasteiger partial charge in [0.1, 0.15) is 6.10 Å². The van der Waals surface area contributed by atoms with Crippen LogP contribution in [0.4, 0.5) is 0 Å². The second-order valence-corrected chi connectivity index (χ2v) is 6.70. The summed E-state index contributed by atoms with van der Waals surface area (Å²) in [5, 5.41) is 0. The van der Waals surface area contributed by atoms with Crippen molar-refractivity contribution >= 4 is 11.9 Å². The Morgan fingerprint density at radius 1 is 0.852 bits per heavy atom. The molecule has 0 spiro atoms. The summed E-state index contributed by atoms with van der Waals surface area (Å²) in [5.74, 6) is -0.592. The Labute approximate surface area is 158 Å². The van der Waals surface area contributed by atoms with Gasteiger partial charge in [0.2, 0.25) is 0 Å². The highest BCUT2D eigenvalue weighted by Gasteiger charge is 2.54. The van der Waals surface area contributed by atoms with E-state index in [1.807, 2.05) is 42.5 Å². The minimum atomic E-state index is -0.297. The largest absolute Gasteiger partial charge is 0.462 e. The molecule has 1 aliphatic carbocycles. The average molecular weight is 363 g/mol. The van der Waals surface area contributed by atoms with E-state index in [1.54, 1.807) is 24.3 Å². The van der Waals surface area contributed by atoms with E-state index in [0.29, 0.717) is 23.8 Å². The predicted octanol–water partition coefficient (Wildman–Crippen LogP) is 3.08. The van der Waals surface area contributed by atoms with E-state index in [9.17, 15) is 9.59 Å². The van der Waals surface area contributed by atoms with Gasteiger partial charge < -0.3 is 9.47 Å². The number of fused-ring (bicyclic) bond motifs is 1. The second kappa shape index (κ2) is 7.76. The van der Waals surface area contributed by atoms with E-state index in [4.69, 9.17) is 9.47 Å². The second-order valence-electron chi connectivity index (χ2n) is 6.70. The van der Waals surface area contributed by atoms with Crippen molar-refractivity contribution in [1.29, 1.82) is 0 Å². The molecule has 0 amide bonds. The monoisotopic (exact) mass is 363 g/mol. The van der Waals surface area contributed by atoms with Crippen LogP contribution in [0.2, 0.25) is 0 Å². The lowest BCUT2D eigenvalue weighted by Crippen LogP contribution is -2.24. The lowest BCUT2D eigenvalue weighted by Gasteiger charge is -2.14. The van der Waals surface area contributed by atoms with Crippen LogP contribution >= 0.6 is 0 Å². The van der Waals surface area contributed by atoms with E-state index >= 15 is 0 Å². The van der Waals surface area contributed by atoms with Crippen molar-refractivity contribution in [1.82, 2.24) is 4.90 Å². The zero-order valence-corrected chi connectivity index (χ0v) is 14.9. The van der Waals surface area contributed by atoms with Crippen LogP contribution in [0, 0.1) is 0 Å². The van der Waals surface area contributed by atoms with E-state index in [1.165, 1.54) is 0 Å². The van der Waals surface area contributed by atoms with Crippen LogP contribution in [0.25, 0.3) is 0 Å². The van der Waals surface area contributed by atoms with E-state index < -0.39 is 0 Å². The Balaban J connectivity index is 1.20. The minimum absolute atomic E-state index is 0.211. The topological polar surface area (TPSA) is 55.6 Å². The van der Waals surface area contributed by atoms with Gasteiger partial charge in [-0.1, -0.05) is 42.5 Å². The molecule has 5 nitrogen and oxygen atoms in total. The zero-order chi connectivity index (χ0) is 18.6. The molecule has 0 bridgehead atoms. The molecule has 0 saturated carbocycles. The first kappa shape index (κ1) is 17.5. The number of ether oxygens (including phenoxy) is 2. The number of hydrogen-bond acceptors (Lipinski definition) is 5. The molecule has 1 saturated heterocycles. The average Bonchev–Trinajstić information content (AvgIpc) is 3.26. The minimum Gasteiger partial charge on any atom is -0.462 e. The van der Waals surface area contributed by atoms with Crippen molar-refractivity contribution < 1.29 is 19.1 Å². The summed E-state index contributed by atoms with van der Waals surface area (Å²) in [7, 11) is 0. The van der Waals surface area contributed by atoms with Crippen molar-refractivity contribution in [3.05, 3.63) is 83.9 Å². The fraction of sp³-hybridized carbons (Fsp3) is 0.273. The molecule has 2 aliphatic rings. The fourth-order valence-electron chi connectivity index (χ4n) is 3.51. The molecule has 1 aliphatic heterocycles. The summed E-state index contributed by atoms with van der Waals surface area (Å²) in [6, 6.07) is 18.5. The summed E-state index contributed by atoms with van der Waals surface area (Å²) >= 11 is 0. The maximum Gasteiger partial charge on any atom is 0.338 e. The van der Waals surface area contributed by atoms with Gasteiger partial charge in [-0.15, -0.1) is 0 Å². The Morgan fingerprint density at radius 2 is 1.48 bits per heavy atom. The van der Waals surface area contributed by atoms with Gasteiger partial charge in [-0.25, -0.2) is 9.59 Å². The first-order chi connectivity index (χ1) is 13.2. The van der Waals surface area contributed by atoms with Crippen LogP contribution < -0.4 is 0 Å². The van der Waals surface area contributed by atoms with E-state index in [2.05, 4.69) is 11.0 Å². The molecule has 138 valence electrons. The van der Waals surface area contributed by atoms with Crippen LogP contribution in [0.3, 0.4) is 0 Å². The number of esters is 2. The van der Waals surface area contributed by atoms with Crippen LogP contribution in [0.15, 0.2) is 72.8 Å². The summed E-state index contributed by atoms with van der Waals surface area (Å²) in [6.07, 6.45) is 4.58. The molecule has 27 heavy (non-hydrogen) atoms. The summed E-state index contributed by atoms with van der Waals surface area (Å²) < 4.78 is 10.9. The van der Waals surface area contributed by atoms with Crippen LogP contribution in [-0.2, 0) is 9.47 Å². The molecule has 0 N–H and O–H groups in total. The lowest BCUT2D eigenvalue weighted by atomic mass is 10.2. The third-order valence-corrected chi connectivity index (χ3v) is 4.92. The molecular formula is C22H21NO4. The van der Waals surface area contributed by atoms with Crippen molar-refractivity contribution in [3.8, 4) is 0 Å². The van der Waals surface area contributed by atoms with Crippen molar-refractivity contribution in [2.45, 2.75) is 24.6 Å². The van der Waals surface area contributed by atoms with Crippen molar-refractivity contribution in [2.75, 3.05) is 13.2 Å². The van der Waals surface area contributed by atoms with Gasteiger partial charge in [0.05, 0.1) is 23.8 Å². The molecule has 4 rings (SSSR count). The number of rotatable bonds is 7. The number of carbonyl (C=O) groups excluding carboxylic acids is 2. The van der Waals surface area contributed by atoms with Gasteiger partial charge in [0.25, 0.3) is 0 Å². The summed E-state index contributed by atoms with van der Waals surface area (Å²) in [4.78, 5) is 26.4. The van der Waals surface area contributed by atoms with E-state index in [-0.39, 0.29) is 24.1 Å². The van der Waals surface area contributed by atoms with Crippen LogP contribution in [0.5, 0.6) is 0 Å². The van der Waals surface area contributed by atoms with Crippen molar-refractivity contribution in [3.63, 3.8) is 0 Å². The third-order valence-electron chi connectivity index (χ3n) is 4.92. The fourth-order valence-corrected chi connectivity index (χ4v) is 3.51. The Hall–Kier alpha value is -2.92. The van der Waals surface area contributed by atoms with Crippen LogP contribution in [0.1, 0.15) is 27.1 Å². The SMILES string of the molecule is O=C(OCCCN1[C@@H]2[C@@H](OC(=O)c3ccccc3)C=C[C@@H]21)c1ccccc1. The number of nitrogens with zero attached hydrogens (tertiary/aromatic N) is 1. The van der Waals surface area contributed by atoms with Gasteiger partial charge in [-0.2, -0.15) is 0 Å². The molecule has 0 radical (unpaired) electrons. The Kier molecular flexibility index (Phi) is 5.03. The van der Waals surface area contributed by atoms with Gasteiger partial charge in [0, 0.05) is 12.6 Å². The Morgan fingerprint density at radius 3 is 2.15 bits per heavy atom. The molecule has 4 atom stereocenters. The normalized spacial score (nSPS) is 24.9. The highest BCUT2D eigenvalue weighted by molar-refractivity contribution is 5.90. The third kappa shape index (κ3) is 3.93. The van der Waals surface area contributed by atoms with Crippen molar-refractivity contribution in [2.24, 2.45) is 0 Å². The standard InChI is InChI=1S/C22H21NO4/c24-21(16-8-3-1-4-9-16)26-15-7-14-23-18-12-13-19(20(18)23)27-22(25)17-10-5-2-6-11-17/h1-6,8-13,18-20H,7,14-15H2/t18-,19-,20-,23?/m0/s1. The predicted molar refractivity (Wildman–Crippen MR) is 100 cm³/mol. The zero-order valence-electron chi connectivity index (χ0n) is 14.9. The first-order valence-electron chi connectivity index (χ1n) is 9.16. The number of hydrogen-bond donors (Lipinski definition) is 0. The summed E-state index contributed by atoms with van der Waals surface area (Å²) in [6.45, 7) is 1.18. The Bertz CT molecular complexity index is 834. The summed E-state index contributed by atoms with van der Waals surface area (Å²) in [5.41, 5.74) is 1.13. The first-order valence-corrected chi connectivity index (χ1v) is 9.16. The smallest absolute Gasteiger partial charge is 0.338 e. The van der Waals surface area contributed by atoms with Gasteiger partial charge in [0.15, 0.2) is 0 Å². The maximum atomic E-state index is 12.2. The highest BCUT2D eigenvalue weighted by atomic mass is 16.5. The molecule has 1 fully saturated rings. The molecule has 5 heteroatoms. The molecule has 0 aromatic heterocycles. The lowest BCUT2D eigenvalue weighted by molar-refractivity contribution is 0.0366. The van der Waals surface area contributed by atoms with Gasteiger partial charge >= 0.3 is 11.9 Å². The number of carbonyl (C=O) groups is 2. The maximum absolute atomic E-state index is 12.2. The highest BCUT2D eigenvalue weighted by Crippen LogP contribution is 2.39. The van der Waals surface area contributed by atoms with Gasteiger partial charge in [-0.05, 0) is 36.8 Å². The molecule has 2 aromatic carbocycles. The van der Waals surface area contributed by atoms with E-state index in [0.717, 1.165) is 13.0 Å². The number of benzene rings is 2. The van der Waals surface area contributed by atoms with Crippen LogP contribution in [-0.4, -0.2) is 48.2 Å². The van der Waals surface area contributed by atoms with Gasteiger partial charge in [-0.3, -0.25) is 4.90 Å². The molecule has 1 heterocycles. The molecule has 1 unspecified atom stereocenters.